The van der Waals surface area contributed by atoms with Crippen molar-refractivity contribution >= 4 is 16.0 Å². The highest BCUT2D eigenvalue weighted by atomic mass is 32.2. The molecule has 2 unspecified atom stereocenters. The van der Waals surface area contributed by atoms with Crippen LogP contribution in [-0.2, 0) is 19.6 Å². The molecule has 1 aliphatic heterocycles. The highest BCUT2D eigenvalue weighted by Crippen LogP contribution is 2.37. The summed E-state index contributed by atoms with van der Waals surface area (Å²) in [6.45, 7) is 8.62. The fourth-order valence-corrected chi connectivity index (χ4v) is 2.87. The summed E-state index contributed by atoms with van der Waals surface area (Å²) >= 11 is 0. The van der Waals surface area contributed by atoms with Gasteiger partial charge < -0.3 is 18.7 Å². The van der Waals surface area contributed by atoms with Crippen molar-refractivity contribution in [3.63, 3.8) is 0 Å². The molecule has 1 amide bonds. The number of rotatable bonds is 9. The minimum Gasteiger partial charge on any atom is -0.743 e. The number of carbonyl (C=O) groups is 1. The molecule has 14 heteroatoms. The van der Waals surface area contributed by atoms with Gasteiger partial charge in [-0.25, -0.2) is 12.8 Å². The van der Waals surface area contributed by atoms with E-state index in [9.17, 15) is 44.1 Å². The van der Waals surface area contributed by atoms with Crippen LogP contribution in [0.4, 0.5) is 26.3 Å². The zero-order valence-electron chi connectivity index (χ0n) is 17.2. The highest BCUT2D eigenvalue weighted by Gasteiger charge is 2.61. The van der Waals surface area contributed by atoms with Gasteiger partial charge in [0.05, 0.1) is 33.8 Å². The molecule has 1 saturated heterocycles. The first-order valence-corrected chi connectivity index (χ1v) is 10.5. The number of ether oxygens (including phenoxy) is 1. The summed E-state index contributed by atoms with van der Waals surface area (Å²) in [7, 11) is -2.27. The van der Waals surface area contributed by atoms with E-state index in [0.717, 1.165) is 50.2 Å². The zero-order chi connectivity index (χ0) is 24.0. The van der Waals surface area contributed by atoms with Crippen molar-refractivity contribution in [1.82, 2.24) is 4.90 Å². The minimum absolute atomic E-state index is 0.322. The third-order valence-electron chi connectivity index (χ3n) is 4.54. The van der Waals surface area contributed by atoms with Crippen LogP contribution in [0.15, 0.2) is 0 Å². The van der Waals surface area contributed by atoms with E-state index >= 15 is 0 Å². The summed E-state index contributed by atoms with van der Waals surface area (Å²) in [6.07, 6.45) is -9.36. The number of halogens is 6. The maximum absolute atomic E-state index is 11.8. The van der Waals surface area contributed by atoms with Gasteiger partial charge in [0.1, 0.15) is 6.54 Å². The van der Waals surface area contributed by atoms with Gasteiger partial charge in [0, 0.05) is 19.1 Å². The molecule has 1 heterocycles. The second-order valence-electron chi connectivity index (χ2n) is 7.47. The molecule has 180 valence electrons. The molecule has 0 aromatic heterocycles. The summed E-state index contributed by atoms with van der Waals surface area (Å²) < 4.78 is 104. The van der Waals surface area contributed by atoms with Crippen molar-refractivity contribution < 1.29 is 53.3 Å². The fraction of sp³-hybridized carbons (Fsp3) is 0.938. The summed E-state index contributed by atoms with van der Waals surface area (Å²) in [6, 6.07) is 0.425. The first kappa shape index (κ1) is 28.9. The molecule has 0 radical (unpaired) electrons. The van der Waals surface area contributed by atoms with Crippen LogP contribution in [0.3, 0.4) is 0 Å². The average Bonchev–Trinajstić information content (AvgIpc) is 2.89. The van der Waals surface area contributed by atoms with E-state index in [-0.39, 0.29) is 0 Å². The standard InChI is InChI=1S/C13H27N2O2.C3H2F6O3S/c1-5-17-11-10-15(3,4)9-8-14-12(2)6-7-13(14)16;4-1(2(5,6)7)3(8,9)13(10,11)12/h12H,5-11H2,1-4H3;1H,(H,10,11,12)/q+1;/p-1. The summed E-state index contributed by atoms with van der Waals surface area (Å²) in [5.41, 5.74) is 0. The first-order chi connectivity index (χ1) is 13.4. The molecule has 0 spiro atoms. The molecule has 1 aliphatic rings. The van der Waals surface area contributed by atoms with Gasteiger partial charge in [0.15, 0.2) is 10.1 Å². The largest absolute Gasteiger partial charge is 0.743 e. The van der Waals surface area contributed by atoms with Crippen LogP contribution in [0.2, 0.25) is 0 Å². The third-order valence-corrected chi connectivity index (χ3v) is 5.41. The van der Waals surface area contributed by atoms with Crippen LogP contribution in [0.1, 0.15) is 26.7 Å². The molecule has 0 saturated carbocycles. The molecule has 1 fully saturated rings. The Morgan fingerprint density at radius 3 is 2.10 bits per heavy atom. The quantitative estimate of drug-likeness (QED) is 0.221. The number of quaternary nitrogens is 1. The van der Waals surface area contributed by atoms with Crippen LogP contribution < -0.4 is 0 Å². The van der Waals surface area contributed by atoms with Gasteiger partial charge in [-0.2, -0.15) is 22.0 Å². The van der Waals surface area contributed by atoms with E-state index in [1.165, 1.54) is 0 Å². The minimum atomic E-state index is -6.66. The Morgan fingerprint density at radius 2 is 1.77 bits per heavy atom. The maximum atomic E-state index is 11.8. The van der Waals surface area contributed by atoms with Gasteiger partial charge in [0.25, 0.3) is 6.17 Å². The monoisotopic (exact) mass is 474 g/mol. The van der Waals surface area contributed by atoms with Crippen LogP contribution in [-0.4, -0.2) is 98.8 Å². The number of hydrogen-bond acceptors (Lipinski definition) is 5. The summed E-state index contributed by atoms with van der Waals surface area (Å²) in [5.74, 6) is 0.322. The Kier molecular flexibility index (Phi) is 10.5. The Balaban J connectivity index is 0.000000584. The number of likely N-dealkylation sites (tertiary alicyclic amines) is 1. The lowest BCUT2D eigenvalue weighted by atomic mass is 10.2. The molecule has 30 heavy (non-hydrogen) atoms. The topological polar surface area (TPSA) is 86.7 Å². The van der Waals surface area contributed by atoms with Gasteiger partial charge >= 0.3 is 11.4 Å². The molecule has 2 atom stereocenters. The van der Waals surface area contributed by atoms with Gasteiger partial charge in [-0.1, -0.05) is 0 Å². The number of likely N-dealkylation sites (N-methyl/N-ethyl adjacent to an activating group) is 1. The Hall–Kier alpha value is -1.12. The number of alkyl halides is 6. The van der Waals surface area contributed by atoms with Gasteiger partial charge in [-0.3, -0.25) is 4.79 Å². The van der Waals surface area contributed by atoms with Crippen molar-refractivity contribution in [2.75, 3.05) is 46.9 Å². The number of hydrogen-bond donors (Lipinski definition) is 0. The predicted octanol–water partition coefficient (Wildman–Crippen LogP) is 2.13. The lowest BCUT2D eigenvalue weighted by Crippen LogP contribution is -2.48. The Labute approximate surface area is 172 Å². The molecule has 0 bridgehead atoms. The smallest absolute Gasteiger partial charge is 0.426 e. The second kappa shape index (κ2) is 11.0. The van der Waals surface area contributed by atoms with Crippen LogP contribution in [0.25, 0.3) is 0 Å². The van der Waals surface area contributed by atoms with Gasteiger partial charge in [-0.05, 0) is 20.3 Å². The molecule has 1 rings (SSSR count). The van der Waals surface area contributed by atoms with E-state index in [4.69, 9.17) is 4.74 Å². The molecular formula is C16H28F6N2O5S. The Bertz CT molecular complexity index is 657. The van der Waals surface area contributed by atoms with E-state index in [1.54, 1.807) is 0 Å². The Morgan fingerprint density at radius 1 is 1.23 bits per heavy atom. The van der Waals surface area contributed by atoms with E-state index in [1.807, 2.05) is 11.8 Å². The highest BCUT2D eigenvalue weighted by molar-refractivity contribution is 7.86. The third kappa shape index (κ3) is 8.94. The molecule has 0 aliphatic carbocycles. The molecule has 0 aromatic carbocycles. The van der Waals surface area contributed by atoms with Crippen molar-refractivity contribution in [2.24, 2.45) is 0 Å². The molecule has 0 aromatic rings. The first-order valence-electron chi connectivity index (χ1n) is 9.10. The van der Waals surface area contributed by atoms with E-state index in [0.29, 0.717) is 11.9 Å². The van der Waals surface area contributed by atoms with Crippen LogP contribution in [0.5, 0.6) is 0 Å². The lowest BCUT2D eigenvalue weighted by molar-refractivity contribution is -0.890. The number of carbonyl (C=O) groups excluding carboxylic acids is 1. The normalized spacial score (nSPS) is 19.5. The van der Waals surface area contributed by atoms with E-state index in [2.05, 4.69) is 21.0 Å². The summed E-state index contributed by atoms with van der Waals surface area (Å²) in [5, 5.41) is -5.99. The lowest BCUT2D eigenvalue weighted by Gasteiger charge is -2.32. The maximum Gasteiger partial charge on any atom is 0.426 e. The van der Waals surface area contributed by atoms with Gasteiger partial charge in [-0.15, -0.1) is 0 Å². The predicted molar refractivity (Wildman–Crippen MR) is 94.3 cm³/mol. The van der Waals surface area contributed by atoms with Crippen LogP contribution in [0, 0.1) is 0 Å². The molecular weight excluding hydrogens is 446 g/mol. The van der Waals surface area contributed by atoms with E-state index < -0.39 is 27.7 Å². The fourth-order valence-electron chi connectivity index (χ4n) is 2.49. The molecule has 7 nitrogen and oxygen atoms in total. The summed E-state index contributed by atoms with van der Waals surface area (Å²) in [4.78, 5) is 13.7. The zero-order valence-corrected chi connectivity index (χ0v) is 18.0. The SMILES string of the molecule is CCOCC[N+](C)(C)CCN1C(=O)CCC1C.O=S(=O)([O-])C(F)(F)C(F)C(F)(F)F. The van der Waals surface area contributed by atoms with Gasteiger partial charge in [0.2, 0.25) is 5.91 Å². The van der Waals surface area contributed by atoms with Crippen molar-refractivity contribution in [3.05, 3.63) is 0 Å². The number of nitrogens with zero attached hydrogens (tertiary/aromatic N) is 2. The van der Waals surface area contributed by atoms with Crippen molar-refractivity contribution in [3.8, 4) is 0 Å². The van der Waals surface area contributed by atoms with Crippen LogP contribution >= 0.6 is 0 Å². The number of amides is 1. The average molecular weight is 474 g/mol. The molecule has 0 N–H and O–H groups in total. The van der Waals surface area contributed by atoms with Crippen molar-refractivity contribution in [2.45, 2.75) is 50.3 Å². The van der Waals surface area contributed by atoms with Crippen molar-refractivity contribution in [1.29, 1.82) is 0 Å². The second-order valence-corrected chi connectivity index (χ2v) is 8.93.